The predicted octanol–water partition coefficient (Wildman–Crippen LogP) is 2.38. The number of rotatable bonds is 3. The Morgan fingerprint density at radius 2 is 2.20 bits per heavy atom. The van der Waals surface area contributed by atoms with Gasteiger partial charge in [-0.15, -0.1) is 0 Å². The van der Waals surface area contributed by atoms with E-state index in [1.165, 1.54) is 6.42 Å². The normalized spacial score (nSPS) is 41.4. The second-order valence-electron chi connectivity index (χ2n) is 5.70. The molecule has 0 saturated carbocycles. The molecule has 0 spiro atoms. The molecule has 2 aliphatic rings. The summed E-state index contributed by atoms with van der Waals surface area (Å²) in [5.41, 5.74) is -1.01. The van der Waals surface area contributed by atoms with E-state index in [2.05, 4.69) is 4.90 Å². The minimum absolute atomic E-state index is 0.00771. The molecule has 15 heavy (non-hydrogen) atoms. The van der Waals surface area contributed by atoms with Crippen LogP contribution in [0.5, 0.6) is 0 Å². The Bertz CT molecular complexity index is 242. The van der Waals surface area contributed by atoms with Crippen LogP contribution in [-0.4, -0.2) is 41.9 Å². The van der Waals surface area contributed by atoms with Crippen molar-refractivity contribution < 1.29 is 9.13 Å². The van der Waals surface area contributed by atoms with Crippen molar-refractivity contribution in [2.24, 2.45) is 0 Å². The van der Waals surface area contributed by atoms with E-state index in [1.807, 2.05) is 13.8 Å². The summed E-state index contributed by atoms with van der Waals surface area (Å²) in [6, 6.07) is 0. The highest BCUT2D eigenvalue weighted by atomic mass is 19.1. The van der Waals surface area contributed by atoms with Gasteiger partial charge < -0.3 is 4.74 Å². The second kappa shape index (κ2) is 3.70. The quantitative estimate of drug-likeness (QED) is 0.716. The first-order valence-electron chi connectivity index (χ1n) is 5.99. The van der Waals surface area contributed by atoms with Crippen molar-refractivity contribution >= 4 is 0 Å². The zero-order valence-electron chi connectivity index (χ0n) is 10.1. The van der Waals surface area contributed by atoms with Crippen molar-refractivity contribution in [2.75, 3.05) is 19.7 Å². The maximum Gasteiger partial charge on any atom is 0.122 e. The standard InChI is InChI=1S/C12H22FNO/c1-10(2)15-9-12-5-4-6-14(12)8-11(3,13)7-12/h10H,4-9H2,1-3H3/t11-,12+/m1/s1. The Labute approximate surface area is 91.8 Å². The molecule has 2 saturated heterocycles. The third kappa shape index (κ3) is 2.18. The van der Waals surface area contributed by atoms with Gasteiger partial charge in [0.15, 0.2) is 0 Å². The van der Waals surface area contributed by atoms with Crippen LogP contribution >= 0.6 is 0 Å². The first-order chi connectivity index (χ1) is 6.94. The van der Waals surface area contributed by atoms with Gasteiger partial charge in [-0.3, -0.25) is 4.90 Å². The first kappa shape index (κ1) is 11.3. The lowest BCUT2D eigenvalue weighted by molar-refractivity contribution is 0.00212. The first-order valence-corrected chi connectivity index (χ1v) is 5.99. The highest BCUT2D eigenvalue weighted by molar-refractivity contribution is 5.08. The Morgan fingerprint density at radius 1 is 1.47 bits per heavy atom. The molecule has 2 aliphatic heterocycles. The molecule has 0 bridgehead atoms. The number of hydrogen-bond donors (Lipinski definition) is 0. The highest BCUT2D eigenvalue weighted by Gasteiger charge is 2.53. The molecule has 0 N–H and O–H groups in total. The monoisotopic (exact) mass is 215 g/mol. The largest absolute Gasteiger partial charge is 0.377 e. The number of halogens is 1. The summed E-state index contributed by atoms with van der Waals surface area (Å²) in [5.74, 6) is 0. The van der Waals surface area contributed by atoms with Crippen molar-refractivity contribution in [2.45, 2.75) is 57.3 Å². The molecule has 0 unspecified atom stereocenters. The molecule has 0 aliphatic carbocycles. The smallest absolute Gasteiger partial charge is 0.122 e. The fourth-order valence-corrected chi connectivity index (χ4v) is 3.12. The zero-order valence-corrected chi connectivity index (χ0v) is 10.1. The lowest BCUT2D eigenvalue weighted by Gasteiger charge is -2.32. The Balaban J connectivity index is 2.04. The molecule has 2 fully saturated rings. The van der Waals surface area contributed by atoms with Crippen LogP contribution in [0, 0.1) is 0 Å². The summed E-state index contributed by atoms with van der Waals surface area (Å²) in [6.07, 6.45) is 3.18. The Morgan fingerprint density at radius 3 is 2.87 bits per heavy atom. The van der Waals surface area contributed by atoms with E-state index in [1.54, 1.807) is 6.92 Å². The number of alkyl halides is 1. The maximum atomic E-state index is 14.0. The minimum Gasteiger partial charge on any atom is -0.377 e. The highest BCUT2D eigenvalue weighted by Crippen LogP contribution is 2.45. The summed E-state index contributed by atoms with van der Waals surface area (Å²) in [5, 5.41) is 0. The molecule has 3 heteroatoms. The average molecular weight is 215 g/mol. The third-order valence-electron chi connectivity index (χ3n) is 3.64. The fourth-order valence-electron chi connectivity index (χ4n) is 3.12. The van der Waals surface area contributed by atoms with Gasteiger partial charge in [0.1, 0.15) is 5.67 Å². The number of nitrogens with zero attached hydrogens (tertiary/aromatic N) is 1. The van der Waals surface area contributed by atoms with Crippen LogP contribution in [0.15, 0.2) is 0 Å². The van der Waals surface area contributed by atoms with Crippen LogP contribution in [0.25, 0.3) is 0 Å². The molecule has 2 heterocycles. The van der Waals surface area contributed by atoms with Gasteiger partial charge in [-0.1, -0.05) is 0 Å². The fraction of sp³-hybridized carbons (Fsp3) is 1.00. The van der Waals surface area contributed by atoms with Crippen LogP contribution < -0.4 is 0 Å². The van der Waals surface area contributed by atoms with Gasteiger partial charge in [0, 0.05) is 18.5 Å². The van der Waals surface area contributed by atoms with Gasteiger partial charge in [0.25, 0.3) is 0 Å². The van der Waals surface area contributed by atoms with Crippen molar-refractivity contribution in [3.63, 3.8) is 0 Å². The van der Waals surface area contributed by atoms with E-state index in [4.69, 9.17) is 4.74 Å². The molecule has 0 radical (unpaired) electrons. The molecule has 0 aromatic heterocycles. The van der Waals surface area contributed by atoms with E-state index >= 15 is 0 Å². The van der Waals surface area contributed by atoms with Crippen molar-refractivity contribution in [3.8, 4) is 0 Å². The Hall–Kier alpha value is -0.150. The molecule has 2 rings (SSSR count). The molecule has 2 nitrogen and oxygen atoms in total. The summed E-state index contributed by atoms with van der Waals surface area (Å²) in [6.45, 7) is 8.14. The summed E-state index contributed by atoms with van der Waals surface area (Å²) in [4.78, 5) is 2.30. The molecule has 0 aromatic rings. The summed E-state index contributed by atoms with van der Waals surface area (Å²) in [7, 11) is 0. The lowest BCUT2D eigenvalue weighted by Crippen LogP contribution is -2.43. The van der Waals surface area contributed by atoms with E-state index < -0.39 is 5.67 Å². The summed E-state index contributed by atoms with van der Waals surface area (Å²) < 4.78 is 19.7. The molecular weight excluding hydrogens is 193 g/mol. The van der Waals surface area contributed by atoms with Crippen LogP contribution in [0.4, 0.5) is 4.39 Å². The van der Waals surface area contributed by atoms with E-state index in [0.717, 1.165) is 13.0 Å². The van der Waals surface area contributed by atoms with Gasteiger partial charge in [0.2, 0.25) is 0 Å². The minimum atomic E-state index is -1.01. The Kier molecular flexibility index (Phi) is 2.80. The third-order valence-corrected chi connectivity index (χ3v) is 3.64. The van der Waals surface area contributed by atoms with E-state index in [9.17, 15) is 4.39 Å². The zero-order chi connectivity index (χ0) is 11.1. The second-order valence-corrected chi connectivity index (χ2v) is 5.70. The van der Waals surface area contributed by atoms with Crippen molar-refractivity contribution in [1.82, 2.24) is 4.90 Å². The molecule has 2 atom stereocenters. The van der Waals surface area contributed by atoms with Crippen LogP contribution in [0.3, 0.4) is 0 Å². The molecule has 0 aromatic carbocycles. The van der Waals surface area contributed by atoms with Gasteiger partial charge in [-0.2, -0.15) is 0 Å². The van der Waals surface area contributed by atoms with Crippen molar-refractivity contribution in [3.05, 3.63) is 0 Å². The molecule has 0 amide bonds. The lowest BCUT2D eigenvalue weighted by atomic mass is 9.90. The van der Waals surface area contributed by atoms with Crippen LogP contribution in [-0.2, 0) is 4.74 Å². The van der Waals surface area contributed by atoms with Gasteiger partial charge in [0.05, 0.1) is 12.7 Å². The van der Waals surface area contributed by atoms with Crippen LogP contribution in [0.1, 0.15) is 40.0 Å². The average Bonchev–Trinajstić information content (AvgIpc) is 2.53. The van der Waals surface area contributed by atoms with Gasteiger partial charge >= 0.3 is 0 Å². The molecule has 88 valence electrons. The van der Waals surface area contributed by atoms with E-state index in [0.29, 0.717) is 19.6 Å². The maximum absolute atomic E-state index is 14.0. The SMILES string of the molecule is CC(C)OC[C@@]12CCCN1C[C@](C)(F)C2. The van der Waals surface area contributed by atoms with Crippen molar-refractivity contribution in [1.29, 1.82) is 0 Å². The number of hydrogen-bond acceptors (Lipinski definition) is 2. The van der Waals surface area contributed by atoms with E-state index in [-0.39, 0.29) is 11.6 Å². The predicted molar refractivity (Wildman–Crippen MR) is 58.8 cm³/mol. The molecular formula is C12H22FNO. The van der Waals surface area contributed by atoms with Crippen LogP contribution in [0.2, 0.25) is 0 Å². The summed E-state index contributed by atoms with van der Waals surface area (Å²) >= 11 is 0. The number of fused-ring (bicyclic) bond motifs is 1. The van der Waals surface area contributed by atoms with Gasteiger partial charge in [-0.05, 0) is 40.2 Å². The topological polar surface area (TPSA) is 12.5 Å². The van der Waals surface area contributed by atoms with Gasteiger partial charge in [-0.25, -0.2) is 4.39 Å². The number of ether oxygens (including phenoxy) is 1.